The van der Waals surface area contributed by atoms with Crippen molar-refractivity contribution in [3.8, 4) is 11.6 Å². The smallest absolute Gasteiger partial charge is 0.225 e. The van der Waals surface area contributed by atoms with E-state index in [1.54, 1.807) is 50.7 Å². The van der Waals surface area contributed by atoms with Crippen LogP contribution in [0.1, 0.15) is 19.4 Å². The summed E-state index contributed by atoms with van der Waals surface area (Å²) in [4.78, 5) is 18.0. The molecule has 3 N–H and O–H groups in total. The lowest BCUT2D eigenvalue weighted by molar-refractivity contribution is 0.0782. The molecule has 4 aromatic heterocycles. The fourth-order valence-corrected chi connectivity index (χ4v) is 4.71. The molecule has 1 aliphatic rings. The molecule has 0 amide bonds. The minimum Gasteiger partial charge on any atom is -0.461 e. The molecule has 1 saturated heterocycles. The lowest BCUT2D eigenvalue weighted by Crippen LogP contribution is -2.47. The SMILES string of the molecule is CC(C)(O)c1ccc(N2CCN(CCn3cnc4c3nc(N)n3nc(-c5ccco5)nc43)CC2)c(F)c1. The molecule has 0 atom stereocenters. The molecule has 1 fully saturated rings. The highest BCUT2D eigenvalue weighted by atomic mass is 19.1. The zero-order valence-corrected chi connectivity index (χ0v) is 20.7. The summed E-state index contributed by atoms with van der Waals surface area (Å²) < 4.78 is 23.6. The Labute approximate surface area is 212 Å². The van der Waals surface area contributed by atoms with Crippen LogP contribution in [0.4, 0.5) is 16.0 Å². The number of aliphatic hydroxyl groups is 1. The van der Waals surface area contributed by atoms with Crippen molar-refractivity contribution in [1.29, 1.82) is 0 Å². The van der Waals surface area contributed by atoms with Crippen molar-refractivity contribution in [2.75, 3.05) is 43.4 Å². The van der Waals surface area contributed by atoms with Gasteiger partial charge in [-0.2, -0.15) is 9.50 Å². The lowest BCUT2D eigenvalue weighted by Gasteiger charge is -2.36. The number of halogens is 1. The van der Waals surface area contributed by atoms with Crippen LogP contribution in [0.2, 0.25) is 0 Å². The van der Waals surface area contributed by atoms with Gasteiger partial charge in [-0.05, 0) is 43.7 Å². The molecular formula is C25H28FN9O2. The second kappa shape index (κ2) is 8.82. The molecule has 0 spiro atoms. The van der Waals surface area contributed by atoms with Gasteiger partial charge in [0.25, 0.3) is 0 Å². The van der Waals surface area contributed by atoms with Crippen LogP contribution < -0.4 is 10.6 Å². The Bertz CT molecular complexity index is 1560. The van der Waals surface area contributed by atoms with Crippen LogP contribution in [0.3, 0.4) is 0 Å². The first-order valence-electron chi connectivity index (χ1n) is 12.2. The van der Waals surface area contributed by atoms with E-state index in [-0.39, 0.29) is 11.8 Å². The van der Waals surface area contributed by atoms with E-state index in [2.05, 4.69) is 25.0 Å². The third kappa shape index (κ3) is 4.27. The zero-order valence-electron chi connectivity index (χ0n) is 20.7. The molecule has 5 heterocycles. The molecular weight excluding hydrogens is 477 g/mol. The Morgan fingerprint density at radius 3 is 2.59 bits per heavy atom. The summed E-state index contributed by atoms with van der Waals surface area (Å²) in [5.41, 5.74) is 8.05. The number of imidazole rings is 1. The van der Waals surface area contributed by atoms with Gasteiger partial charge < -0.3 is 24.7 Å². The van der Waals surface area contributed by atoms with Gasteiger partial charge in [0, 0.05) is 39.3 Å². The largest absolute Gasteiger partial charge is 0.461 e. The fraction of sp³-hybridized carbons (Fsp3) is 0.360. The van der Waals surface area contributed by atoms with Crippen molar-refractivity contribution < 1.29 is 13.9 Å². The van der Waals surface area contributed by atoms with E-state index < -0.39 is 5.60 Å². The monoisotopic (exact) mass is 505 g/mol. The van der Waals surface area contributed by atoms with Crippen LogP contribution in [0.25, 0.3) is 28.4 Å². The number of rotatable bonds is 6. The van der Waals surface area contributed by atoms with Crippen LogP contribution in [-0.4, -0.2) is 71.9 Å². The Morgan fingerprint density at radius 1 is 1.08 bits per heavy atom. The second-order valence-electron chi connectivity index (χ2n) is 9.78. The first-order chi connectivity index (χ1) is 17.8. The van der Waals surface area contributed by atoms with Crippen LogP contribution in [0, 0.1) is 5.82 Å². The minimum atomic E-state index is -1.07. The molecule has 192 valence electrons. The van der Waals surface area contributed by atoms with Crippen molar-refractivity contribution in [2.45, 2.75) is 26.0 Å². The third-order valence-corrected chi connectivity index (χ3v) is 6.83. The number of hydrogen-bond acceptors (Lipinski definition) is 9. The normalized spacial score (nSPS) is 15.3. The molecule has 12 heteroatoms. The fourth-order valence-electron chi connectivity index (χ4n) is 4.71. The number of fused-ring (bicyclic) bond motifs is 3. The molecule has 11 nitrogen and oxygen atoms in total. The molecule has 0 radical (unpaired) electrons. The van der Waals surface area contributed by atoms with E-state index in [1.165, 1.54) is 10.6 Å². The topological polar surface area (TPSA) is 127 Å². The number of piperazine rings is 1. The molecule has 0 aliphatic carbocycles. The number of nitrogen functional groups attached to an aromatic ring is 1. The van der Waals surface area contributed by atoms with Gasteiger partial charge in [-0.1, -0.05) is 6.07 Å². The molecule has 1 aliphatic heterocycles. The maximum Gasteiger partial charge on any atom is 0.225 e. The minimum absolute atomic E-state index is 0.223. The number of nitrogens with two attached hydrogens (primary N) is 1. The molecule has 0 unspecified atom stereocenters. The number of nitrogens with zero attached hydrogens (tertiary/aromatic N) is 8. The average Bonchev–Trinajstić information content (AvgIpc) is 3.62. The first kappa shape index (κ1) is 23.4. The van der Waals surface area contributed by atoms with Gasteiger partial charge in [0.2, 0.25) is 11.8 Å². The van der Waals surface area contributed by atoms with Gasteiger partial charge in [0.1, 0.15) is 5.82 Å². The predicted molar refractivity (Wildman–Crippen MR) is 136 cm³/mol. The maximum absolute atomic E-state index is 14.8. The molecule has 37 heavy (non-hydrogen) atoms. The van der Waals surface area contributed by atoms with Crippen molar-refractivity contribution in [1.82, 2.24) is 34.0 Å². The Hall–Kier alpha value is -4.03. The molecule has 6 rings (SSSR count). The summed E-state index contributed by atoms with van der Waals surface area (Å²) in [6.45, 7) is 7.80. The van der Waals surface area contributed by atoms with Gasteiger partial charge in [0.05, 0.1) is 23.9 Å². The van der Waals surface area contributed by atoms with Crippen LogP contribution in [0.15, 0.2) is 47.3 Å². The summed E-state index contributed by atoms with van der Waals surface area (Å²) in [6.07, 6.45) is 3.31. The van der Waals surface area contributed by atoms with Crippen molar-refractivity contribution in [3.05, 3.63) is 54.3 Å². The highest BCUT2D eigenvalue weighted by molar-refractivity contribution is 5.87. The molecule has 1 aromatic carbocycles. The third-order valence-electron chi connectivity index (χ3n) is 6.83. The quantitative estimate of drug-likeness (QED) is 0.358. The van der Waals surface area contributed by atoms with Crippen molar-refractivity contribution >= 4 is 28.4 Å². The van der Waals surface area contributed by atoms with E-state index in [0.29, 0.717) is 59.3 Å². The van der Waals surface area contributed by atoms with Gasteiger partial charge >= 0.3 is 0 Å². The molecule has 5 aromatic rings. The summed E-state index contributed by atoms with van der Waals surface area (Å²) in [5, 5.41) is 14.6. The van der Waals surface area contributed by atoms with E-state index in [0.717, 1.165) is 19.6 Å². The summed E-state index contributed by atoms with van der Waals surface area (Å²) in [6, 6.07) is 8.53. The summed E-state index contributed by atoms with van der Waals surface area (Å²) >= 11 is 0. The number of aromatic nitrogens is 6. The average molecular weight is 506 g/mol. The molecule has 0 saturated carbocycles. The van der Waals surface area contributed by atoms with Gasteiger partial charge in [0.15, 0.2) is 22.6 Å². The van der Waals surface area contributed by atoms with E-state index >= 15 is 0 Å². The Morgan fingerprint density at radius 2 is 1.89 bits per heavy atom. The number of benzene rings is 1. The number of hydrogen-bond donors (Lipinski definition) is 2. The van der Waals surface area contributed by atoms with Crippen LogP contribution >= 0.6 is 0 Å². The summed E-state index contributed by atoms with van der Waals surface area (Å²) in [7, 11) is 0. The van der Waals surface area contributed by atoms with Gasteiger partial charge in [-0.3, -0.25) is 4.90 Å². The van der Waals surface area contributed by atoms with Crippen LogP contribution in [0.5, 0.6) is 0 Å². The standard InChI is InChI=1S/C25H28FN9O2/c1-25(2,36)16-5-6-18(17(26)14-16)33-10-7-32(8-11-33)9-12-34-15-28-20-22(34)30-24(27)35-23(20)29-21(31-35)19-4-3-13-37-19/h3-6,13-15,36H,7-12H2,1-2H3,(H2,27,30). The maximum atomic E-state index is 14.8. The number of furan rings is 1. The highest BCUT2D eigenvalue weighted by Gasteiger charge is 2.23. The molecule has 0 bridgehead atoms. The van der Waals surface area contributed by atoms with Crippen LogP contribution in [-0.2, 0) is 12.1 Å². The van der Waals surface area contributed by atoms with Crippen molar-refractivity contribution in [3.63, 3.8) is 0 Å². The number of anilines is 2. The van der Waals surface area contributed by atoms with Gasteiger partial charge in [-0.15, -0.1) is 5.10 Å². The van der Waals surface area contributed by atoms with E-state index in [9.17, 15) is 9.50 Å². The Balaban J connectivity index is 1.14. The highest BCUT2D eigenvalue weighted by Crippen LogP contribution is 2.27. The predicted octanol–water partition coefficient (Wildman–Crippen LogP) is 2.50. The lowest BCUT2D eigenvalue weighted by atomic mass is 9.98. The van der Waals surface area contributed by atoms with Gasteiger partial charge in [-0.25, -0.2) is 14.4 Å². The first-order valence-corrected chi connectivity index (χ1v) is 12.2. The Kier molecular flexibility index (Phi) is 5.57. The van der Waals surface area contributed by atoms with E-state index in [4.69, 9.17) is 10.2 Å². The summed E-state index contributed by atoms with van der Waals surface area (Å²) in [5.74, 6) is 0.880. The van der Waals surface area contributed by atoms with Crippen molar-refractivity contribution in [2.24, 2.45) is 0 Å². The van der Waals surface area contributed by atoms with E-state index in [1.807, 2.05) is 9.47 Å². The zero-order chi connectivity index (χ0) is 25.7. The second-order valence-corrected chi connectivity index (χ2v) is 9.78.